The minimum atomic E-state index is -0.329. The van der Waals surface area contributed by atoms with Gasteiger partial charge in [-0.1, -0.05) is 11.6 Å². The molecule has 0 spiro atoms. The van der Waals surface area contributed by atoms with Crippen LogP contribution in [0.1, 0.15) is 15.9 Å². The lowest BCUT2D eigenvalue weighted by Gasteiger charge is -2.06. The third-order valence-electron chi connectivity index (χ3n) is 3.28. The lowest BCUT2D eigenvalue weighted by Crippen LogP contribution is -2.17. The minimum absolute atomic E-state index is 0.329. The Labute approximate surface area is 143 Å². The molecule has 0 aliphatic heterocycles. The van der Waals surface area contributed by atoms with E-state index in [9.17, 15) is 4.79 Å². The van der Waals surface area contributed by atoms with E-state index in [-0.39, 0.29) is 5.91 Å². The molecule has 3 rings (SSSR count). The van der Waals surface area contributed by atoms with E-state index in [1.807, 2.05) is 12.1 Å². The molecule has 24 heavy (non-hydrogen) atoms. The third-order valence-corrected chi connectivity index (χ3v) is 3.51. The predicted octanol–water partition coefficient (Wildman–Crippen LogP) is 3.06. The molecule has 0 atom stereocenters. The van der Waals surface area contributed by atoms with E-state index in [2.05, 4.69) is 20.5 Å². The van der Waals surface area contributed by atoms with Crippen LogP contribution in [0.25, 0.3) is 10.9 Å². The minimum Gasteiger partial charge on any atom is -0.481 e. The molecule has 0 aliphatic carbocycles. The van der Waals surface area contributed by atoms with Gasteiger partial charge in [0.2, 0.25) is 5.88 Å². The molecule has 1 N–H and O–H groups in total. The number of aromatic nitrogens is 2. The zero-order chi connectivity index (χ0) is 16.9. The molecule has 6 nitrogen and oxygen atoms in total. The maximum absolute atomic E-state index is 11.9. The van der Waals surface area contributed by atoms with Crippen molar-refractivity contribution in [2.75, 3.05) is 7.11 Å². The van der Waals surface area contributed by atoms with Crippen LogP contribution in [-0.2, 0) is 0 Å². The highest BCUT2D eigenvalue weighted by Crippen LogP contribution is 2.23. The fraction of sp³-hybridized carbons (Fsp3) is 0.0588. The number of carbonyl (C=O) groups is 1. The number of pyridine rings is 2. The number of rotatable bonds is 4. The van der Waals surface area contributed by atoms with Crippen LogP contribution in [0.4, 0.5) is 0 Å². The summed E-state index contributed by atoms with van der Waals surface area (Å²) in [4.78, 5) is 20.2. The van der Waals surface area contributed by atoms with Crippen molar-refractivity contribution in [1.82, 2.24) is 15.4 Å². The number of ether oxygens (including phenoxy) is 1. The Morgan fingerprint density at radius 1 is 1.25 bits per heavy atom. The largest absolute Gasteiger partial charge is 0.481 e. The van der Waals surface area contributed by atoms with Crippen LogP contribution in [-0.4, -0.2) is 29.2 Å². The van der Waals surface area contributed by atoms with Gasteiger partial charge in [-0.3, -0.25) is 9.78 Å². The standard InChI is InChI=1S/C17H13ClN4O2/c1-24-17-13(8-12-9-14(18)2-3-15(12)21-17)10-20-22-16(23)11-4-6-19-7-5-11/h2-10H,1H3,(H,22,23)/b20-10+. The molecule has 2 aromatic heterocycles. The highest BCUT2D eigenvalue weighted by Gasteiger charge is 2.07. The Bertz CT molecular complexity index is 913. The number of hydrazone groups is 1. The highest BCUT2D eigenvalue weighted by molar-refractivity contribution is 6.31. The van der Waals surface area contributed by atoms with Crippen LogP contribution >= 0.6 is 11.6 Å². The van der Waals surface area contributed by atoms with Gasteiger partial charge in [0, 0.05) is 28.4 Å². The van der Waals surface area contributed by atoms with Crippen molar-refractivity contribution in [1.29, 1.82) is 0 Å². The average molecular weight is 341 g/mol. The lowest BCUT2D eigenvalue weighted by atomic mass is 10.1. The summed E-state index contributed by atoms with van der Waals surface area (Å²) in [5.74, 6) is 0.0798. The topological polar surface area (TPSA) is 76.5 Å². The maximum atomic E-state index is 11.9. The summed E-state index contributed by atoms with van der Waals surface area (Å²) in [7, 11) is 1.52. The molecule has 120 valence electrons. The molecule has 2 heterocycles. The molecule has 0 unspecified atom stereocenters. The number of amides is 1. The number of hydrogen-bond acceptors (Lipinski definition) is 5. The van der Waals surface area contributed by atoms with Gasteiger partial charge in [-0.05, 0) is 36.4 Å². The second kappa shape index (κ2) is 7.06. The van der Waals surface area contributed by atoms with Crippen LogP contribution < -0.4 is 10.2 Å². The Kier molecular flexibility index (Phi) is 4.67. The highest BCUT2D eigenvalue weighted by atomic mass is 35.5. The normalized spacial score (nSPS) is 10.9. The first-order chi connectivity index (χ1) is 11.7. The SMILES string of the molecule is COc1nc2ccc(Cl)cc2cc1/C=N/NC(=O)c1ccncc1. The molecule has 1 aromatic carbocycles. The van der Waals surface area contributed by atoms with Crippen molar-refractivity contribution in [3.8, 4) is 5.88 Å². The van der Waals surface area contributed by atoms with Gasteiger partial charge in [0.15, 0.2) is 0 Å². The van der Waals surface area contributed by atoms with Crippen LogP contribution in [0.3, 0.4) is 0 Å². The smallest absolute Gasteiger partial charge is 0.271 e. The monoisotopic (exact) mass is 340 g/mol. The molecule has 1 amide bonds. The Morgan fingerprint density at radius 2 is 2.04 bits per heavy atom. The number of fused-ring (bicyclic) bond motifs is 1. The molecule has 0 radical (unpaired) electrons. The van der Waals surface area contributed by atoms with Crippen molar-refractivity contribution in [2.45, 2.75) is 0 Å². The molecule has 0 bridgehead atoms. The summed E-state index contributed by atoms with van der Waals surface area (Å²) >= 11 is 6.00. The quantitative estimate of drug-likeness (QED) is 0.585. The molecular formula is C17H13ClN4O2. The molecule has 0 fully saturated rings. The fourth-order valence-corrected chi connectivity index (χ4v) is 2.31. The number of halogens is 1. The van der Waals surface area contributed by atoms with Crippen molar-refractivity contribution < 1.29 is 9.53 Å². The summed E-state index contributed by atoms with van der Waals surface area (Å²) in [6, 6.07) is 10.4. The van der Waals surface area contributed by atoms with Crippen LogP contribution in [0.15, 0.2) is 53.9 Å². The van der Waals surface area contributed by atoms with Gasteiger partial charge in [-0.15, -0.1) is 0 Å². The van der Waals surface area contributed by atoms with Gasteiger partial charge >= 0.3 is 0 Å². The molecule has 0 saturated carbocycles. The summed E-state index contributed by atoms with van der Waals surface area (Å²) in [5, 5.41) is 5.42. The Morgan fingerprint density at radius 3 is 2.79 bits per heavy atom. The van der Waals surface area contributed by atoms with E-state index < -0.39 is 0 Å². The van der Waals surface area contributed by atoms with E-state index in [0.29, 0.717) is 22.0 Å². The van der Waals surface area contributed by atoms with Gasteiger partial charge in [0.1, 0.15) is 0 Å². The first-order valence-electron chi connectivity index (χ1n) is 7.05. The second-order valence-corrected chi connectivity index (χ2v) is 5.30. The second-order valence-electron chi connectivity index (χ2n) is 4.86. The Hall–Kier alpha value is -2.99. The molecule has 0 saturated heterocycles. The van der Waals surface area contributed by atoms with Crippen LogP contribution in [0.2, 0.25) is 5.02 Å². The van der Waals surface area contributed by atoms with E-state index >= 15 is 0 Å². The average Bonchev–Trinajstić information content (AvgIpc) is 2.61. The molecular weight excluding hydrogens is 328 g/mol. The van der Waals surface area contributed by atoms with Crippen LogP contribution in [0, 0.1) is 0 Å². The number of nitrogens with one attached hydrogen (secondary N) is 1. The number of hydrogen-bond donors (Lipinski definition) is 1. The van der Waals surface area contributed by atoms with Crippen molar-refractivity contribution in [3.05, 3.63) is 64.9 Å². The zero-order valence-corrected chi connectivity index (χ0v) is 13.5. The van der Waals surface area contributed by atoms with E-state index in [1.165, 1.54) is 13.3 Å². The molecule has 3 aromatic rings. The molecule has 0 aliphatic rings. The fourth-order valence-electron chi connectivity index (χ4n) is 2.13. The summed E-state index contributed by atoms with van der Waals surface area (Å²) in [6.07, 6.45) is 4.56. The summed E-state index contributed by atoms with van der Waals surface area (Å²) < 4.78 is 5.27. The summed E-state index contributed by atoms with van der Waals surface area (Å²) in [5.41, 5.74) is 4.31. The van der Waals surface area contributed by atoms with Crippen LogP contribution in [0.5, 0.6) is 5.88 Å². The van der Waals surface area contributed by atoms with Gasteiger partial charge in [-0.2, -0.15) is 5.10 Å². The first kappa shape index (κ1) is 15.9. The number of nitrogens with zero attached hydrogens (tertiary/aromatic N) is 3. The Balaban J connectivity index is 1.84. The number of methoxy groups -OCH3 is 1. The van der Waals surface area contributed by atoms with Gasteiger partial charge in [0.05, 0.1) is 24.4 Å². The van der Waals surface area contributed by atoms with Crippen molar-refractivity contribution in [2.24, 2.45) is 5.10 Å². The number of benzene rings is 1. The third kappa shape index (κ3) is 3.49. The first-order valence-corrected chi connectivity index (χ1v) is 7.43. The van der Waals surface area contributed by atoms with E-state index in [1.54, 1.807) is 36.7 Å². The van der Waals surface area contributed by atoms with E-state index in [0.717, 1.165) is 10.9 Å². The summed E-state index contributed by atoms with van der Waals surface area (Å²) in [6.45, 7) is 0. The van der Waals surface area contributed by atoms with E-state index in [4.69, 9.17) is 16.3 Å². The molecule has 7 heteroatoms. The predicted molar refractivity (Wildman–Crippen MR) is 92.6 cm³/mol. The van der Waals surface area contributed by atoms with Gasteiger partial charge in [-0.25, -0.2) is 10.4 Å². The zero-order valence-electron chi connectivity index (χ0n) is 12.7. The number of carbonyl (C=O) groups excluding carboxylic acids is 1. The van der Waals surface area contributed by atoms with Gasteiger partial charge in [0.25, 0.3) is 5.91 Å². The van der Waals surface area contributed by atoms with Crippen molar-refractivity contribution in [3.63, 3.8) is 0 Å². The van der Waals surface area contributed by atoms with Crippen molar-refractivity contribution >= 4 is 34.6 Å². The van der Waals surface area contributed by atoms with Gasteiger partial charge < -0.3 is 4.74 Å². The lowest BCUT2D eigenvalue weighted by molar-refractivity contribution is 0.0955. The maximum Gasteiger partial charge on any atom is 0.271 e.